The van der Waals surface area contributed by atoms with Crippen molar-refractivity contribution in [3.63, 3.8) is 0 Å². The van der Waals surface area contributed by atoms with Crippen LogP contribution in [0.4, 0.5) is 0 Å². The molecule has 1 heteroatoms. The Hall–Kier alpha value is -4.88. The van der Waals surface area contributed by atoms with Gasteiger partial charge in [-0.25, -0.2) is 0 Å². The largest absolute Gasteiger partial charge is 0.456 e. The molecule has 8 aromatic rings. The summed E-state index contributed by atoms with van der Waals surface area (Å²) in [5, 5.41) is 0.509. The van der Waals surface area contributed by atoms with Crippen LogP contribution in [0.5, 0.6) is 0 Å². The molecule has 0 fully saturated rings. The van der Waals surface area contributed by atoms with Gasteiger partial charge in [0.05, 0.1) is 21.9 Å². The number of benzene rings is 7. The predicted octanol–water partition coefficient (Wildman–Crippen LogP) is 10.4. The molecule has 0 N–H and O–H groups in total. The molecule has 1 aromatic heterocycles. The molecule has 0 aliphatic heterocycles. The van der Waals surface area contributed by atoms with E-state index in [1.54, 1.807) is 0 Å². The number of fused-ring (bicyclic) bond motifs is 6. The molecule has 0 radical (unpaired) electrons. The van der Waals surface area contributed by atoms with Crippen LogP contribution in [0, 0.1) is 0 Å². The molecule has 0 saturated heterocycles. The first-order valence-corrected chi connectivity index (χ1v) is 11.4. The third-order valence-corrected chi connectivity index (χ3v) is 6.54. The molecule has 0 bridgehead atoms. The first-order chi connectivity index (χ1) is 25.0. The molecular weight excluding hydrogens is 448 g/mol. The second-order valence-electron chi connectivity index (χ2n) is 8.47. The minimum Gasteiger partial charge on any atom is -0.456 e. The fourth-order valence-electron chi connectivity index (χ4n) is 4.99. The van der Waals surface area contributed by atoms with Gasteiger partial charge in [-0.05, 0) is 72.7 Å². The molecule has 0 aliphatic rings. The van der Waals surface area contributed by atoms with Crippen LogP contribution in [0.2, 0.25) is 0 Å². The maximum atomic E-state index is 9.40. The Balaban J connectivity index is 1.64. The molecular formula is C36H22O. The van der Waals surface area contributed by atoms with E-state index in [1.165, 1.54) is 36.4 Å². The Labute approximate surface area is 236 Å². The van der Waals surface area contributed by atoms with Gasteiger partial charge in [-0.2, -0.15) is 0 Å². The zero-order chi connectivity index (χ0) is 38.3. The lowest BCUT2D eigenvalue weighted by atomic mass is 9.84. The molecule has 172 valence electrons. The van der Waals surface area contributed by atoms with Crippen LogP contribution in [0.15, 0.2) is 137 Å². The molecule has 8 rings (SSSR count). The number of rotatable bonds is 2. The normalized spacial score (nSPS) is 17.8. The third-order valence-electron chi connectivity index (χ3n) is 6.54. The minimum absolute atomic E-state index is 0.0643. The van der Waals surface area contributed by atoms with Crippen molar-refractivity contribution in [3.05, 3.63) is 133 Å². The van der Waals surface area contributed by atoms with Crippen LogP contribution in [-0.2, 0) is 0 Å². The molecule has 1 nitrogen and oxygen atoms in total. The van der Waals surface area contributed by atoms with E-state index in [0.717, 1.165) is 0 Å². The monoisotopic (exact) mass is 486 g/mol. The van der Waals surface area contributed by atoms with E-state index in [4.69, 9.17) is 23.6 Å². The summed E-state index contributed by atoms with van der Waals surface area (Å²) in [7, 11) is 0. The molecule has 0 unspecified atom stereocenters. The van der Waals surface area contributed by atoms with Crippen molar-refractivity contribution in [2.45, 2.75) is 0 Å². The van der Waals surface area contributed by atoms with E-state index in [1.807, 2.05) is 0 Å². The zero-order valence-electron chi connectivity index (χ0n) is 34.9. The first kappa shape index (κ1) is 10.2. The van der Waals surface area contributed by atoms with Crippen molar-refractivity contribution in [1.82, 2.24) is 0 Å². The van der Waals surface area contributed by atoms with Crippen LogP contribution >= 0.6 is 0 Å². The van der Waals surface area contributed by atoms with Gasteiger partial charge in [0.15, 0.2) is 0 Å². The molecule has 0 saturated carbocycles. The molecule has 0 amide bonds. The molecule has 0 spiro atoms. The standard InChI is InChI=1S/C36H22O/c1-2-12-25-23(10-1)11-9-18-28(25)36-31-16-5-3-14-29(31)35(30-15-4-6-17-32(30)36)24-20-21-27-26-13-7-8-19-33(26)37-34(27)22-24/h1-22H/i1D,2D,3D,4D,5D,6D,7D,8D,9D,10D,11D,13D,19D,20D,21D,22D. The van der Waals surface area contributed by atoms with Gasteiger partial charge in [-0.3, -0.25) is 0 Å². The van der Waals surface area contributed by atoms with Gasteiger partial charge < -0.3 is 4.42 Å². The summed E-state index contributed by atoms with van der Waals surface area (Å²) < 4.78 is 144. The van der Waals surface area contributed by atoms with E-state index in [9.17, 15) is 2.74 Å². The van der Waals surface area contributed by atoms with Crippen LogP contribution in [0.1, 0.15) is 21.9 Å². The SMILES string of the molecule is [2H]c1cc2c(-c3c([2H])c([2H])c4c(oc5c([2H])c([2H])c([2H])c([2H])c54)c3[2H])c3cc([2H])c([2H])cc3c(-c3cc([2H])c([2H])c4c([2H])c([2H])c([2H])cc34)c2cc1[2H]. The summed E-state index contributed by atoms with van der Waals surface area (Å²) in [5.74, 6) is 0. The summed E-state index contributed by atoms with van der Waals surface area (Å²) in [6.07, 6.45) is 0. The minimum atomic E-state index is -0.585. The van der Waals surface area contributed by atoms with Gasteiger partial charge in [-0.15, -0.1) is 0 Å². The zero-order valence-corrected chi connectivity index (χ0v) is 18.9. The summed E-state index contributed by atoms with van der Waals surface area (Å²) >= 11 is 0. The van der Waals surface area contributed by atoms with Gasteiger partial charge in [0.2, 0.25) is 0 Å². The number of hydrogen-bond donors (Lipinski definition) is 0. The van der Waals surface area contributed by atoms with E-state index in [2.05, 4.69) is 0 Å². The topological polar surface area (TPSA) is 13.1 Å². The van der Waals surface area contributed by atoms with E-state index in [0.29, 0.717) is 0 Å². The van der Waals surface area contributed by atoms with Crippen molar-refractivity contribution in [1.29, 1.82) is 0 Å². The lowest BCUT2D eigenvalue weighted by molar-refractivity contribution is 0.669. The summed E-state index contributed by atoms with van der Waals surface area (Å²) in [6, 6.07) is 1.34. The average Bonchev–Trinajstić information content (AvgIpc) is 3.52. The highest BCUT2D eigenvalue weighted by Gasteiger charge is 2.18. The lowest BCUT2D eigenvalue weighted by Gasteiger charge is -2.18. The quantitative estimate of drug-likeness (QED) is 0.221. The van der Waals surface area contributed by atoms with E-state index < -0.39 is 54.4 Å². The smallest absolute Gasteiger partial charge is 0.136 e. The fourth-order valence-corrected chi connectivity index (χ4v) is 4.99. The first-order valence-electron chi connectivity index (χ1n) is 19.4. The Kier molecular flexibility index (Phi) is 2.16. The average molecular weight is 487 g/mol. The van der Waals surface area contributed by atoms with Gasteiger partial charge in [0, 0.05) is 10.8 Å². The van der Waals surface area contributed by atoms with Crippen molar-refractivity contribution >= 4 is 54.3 Å². The van der Waals surface area contributed by atoms with E-state index in [-0.39, 0.29) is 119 Å². The second-order valence-corrected chi connectivity index (χ2v) is 8.47. The molecule has 37 heavy (non-hydrogen) atoms. The molecule has 1 heterocycles. The van der Waals surface area contributed by atoms with Crippen molar-refractivity contribution in [2.24, 2.45) is 0 Å². The number of furan rings is 1. The van der Waals surface area contributed by atoms with Gasteiger partial charge in [0.25, 0.3) is 0 Å². The highest BCUT2D eigenvalue weighted by molar-refractivity contribution is 6.24. The number of para-hydroxylation sites is 1. The maximum Gasteiger partial charge on any atom is 0.136 e. The number of hydrogen-bond acceptors (Lipinski definition) is 1. The van der Waals surface area contributed by atoms with Crippen LogP contribution in [-0.4, -0.2) is 0 Å². The van der Waals surface area contributed by atoms with Gasteiger partial charge in [-0.1, -0.05) is 115 Å². The van der Waals surface area contributed by atoms with Crippen LogP contribution in [0.25, 0.3) is 76.5 Å². The maximum absolute atomic E-state index is 9.40. The lowest BCUT2D eigenvalue weighted by Crippen LogP contribution is -1.91. The summed E-state index contributed by atoms with van der Waals surface area (Å²) in [4.78, 5) is 0. The second kappa shape index (κ2) is 7.81. The Morgan fingerprint density at radius 3 is 1.81 bits per heavy atom. The highest BCUT2D eigenvalue weighted by atomic mass is 16.3. The Morgan fingerprint density at radius 2 is 1.03 bits per heavy atom. The van der Waals surface area contributed by atoms with Crippen molar-refractivity contribution < 1.29 is 26.3 Å². The third kappa shape index (κ3) is 2.98. The van der Waals surface area contributed by atoms with Gasteiger partial charge in [0.1, 0.15) is 11.2 Å². The van der Waals surface area contributed by atoms with Gasteiger partial charge >= 0.3 is 0 Å². The van der Waals surface area contributed by atoms with E-state index >= 15 is 0 Å². The predicted molar refractivity (Wildman–Crippen MR) is 157 cm³/mol. The highest BCUT2D eigenvalue weighted by Crippen LogP contribution is 2.45. The molecule has 0 aliphatic carbocycles. The van der Waals surface area contributed by atoms with Crippen LogP contribution < -0.4 is 0 Å². The fraction of sp³-hybridized carbons (Fsp3) is 0. The van der Waals surface area contributed by atoms with Crippen molar-refractivity contribution in [3.8, 4) is 22.3 Å². The summed E-state index contributed by atoms with van der Waals surface area (Å²) in [6.45, 7) is 0. The van der Waals surface area contributed by atoms with Crippen LogP contribution in [0.3, 0.4) is 0 Å². The Morgan fingerprint density at radius 1 is 0.432 bits per heavy atom. The molecule has 7 aromatic carbocycles. The van der Waals surface area contributed by atoms with Crippen molar-refractivity contribution in [2.75, 3.05) is 0 Å². The Bertz CT molecular complexity index is 2950. The summed E-state index contributed by atoms with van der Waals surface area (Å²) in [5.41, 5.74) is -0.298. The molecule has 0 atom stereocenters.